The summed E-state index contributed by atoms with van der Waals surface area (Å²) in [6.07, 6.45) is 3.66. The molecule has 6 nitrogen and oxygen atoms in total. The van der Waals surface area contributed by atoms with E-state index in [0.717, 1.165) is 12.8 Å². The molecule has 0 radical (unpaired) electrons. The number of hydrogen-bond acceptors (Lipinski definition) is 5. The molecule has 106 valence electrons. The molecule has 1 aromatic heterocycles. The van der Waals surface area contributed by atoms with Gasteiger partial charge in [0.25, 0.3) is 0 Å². The van der Waals surface area contributed by atoms with E-state index in [-0.39, 0.29) is 16.8 Å². The smallest absolute Gasteiger partial charge is 0.246 e. The lowest BCUT2D eigenvalue weighted by Crippen LogP contribution is -2.37. The molecule has 1 unspecified atom stereocenters. The van der Waals surface area contributed by atoms with Crippen LogP contribution in [0.4, 0.5) is 5.82 Å². The Labute approximate surface area is 121 Å². The molecule has 1 aromatic rings. The van der Waals surface area contributed by atoms with E-state index in [1.807, 2.05) is 6.92 Å². The van der Waals surface area contributed by atoms with Gasteiger partial charge in [0.15, 0.2) is 5.82 Å². The molecule has 19 heavy (non-hydrogen) atoms. The Hall–Kier alpha value is -0.700. The van der Waals surface area contributed by atoms with Crippen molar-refractivity contribution in [1.82, 2.24) is 9.29 Å². The van der Waals surface area contributed by atoms with Crippen molar-refractivity contribution in [3.63, 3.8) is 0 Å². The molecule has 0 amide bonds. The van der Waals surface area contributed by atoms with Gasteiger partial charge in [0.2, 0.25) is 10.0 Å². The first-order chi connectivity index (χ1) is 8.87. The molecule has 8 heteroatoms. The SMILES string of the molecule is CC(C1CC1)N(C)S(=O)(=O)c1cc(Br)cnc1NN. The van der Waals surface area contributed by atoms with Crippen LogP contribution in [0.15, 0.2) is 21.6 Å². The van der Waals surface area contributed by atoms with E-state index >= 15 is 0 Å². The minimum absolute atomic E-state index is 0.0189. The molecule has 2 rings (SSSR count). The van der Waals surface area contributed by atoms with Crippen LogP contribution < -0.4 is 11.3 Å². The van der Waals surface area contributed by atoms with Crippen molar-refractivity contribution in [1.29, 1.82) is 0 Å². The molecule has 0 saturated heterocycles. The average molecular weight is 349 g/mol. The zero-order valence-corrected chi connectivity index (χ0v) is 13.2. The Balaban J connectivity index is 2.40. The van der Waals surface area contributed by atoms with E-state index in [9.17, 15) is 8.42 Å². The maximum absolute atomic E-state index is 12.6. The second-order valence-corrected chi connectivity index (χ2v) is 7.63. The third-order valence-electron chi connectivity index (χ3n) is 3.49. The molecule has 3 N–H and O–H groups in total. The largest absolute Gasteiger partial charge is 0.307 e. The summed E-state index contributed by atoms with van der Waals surface area (Å²) in [7, 11) is -2.01. The van der Waals surface area contributed by atoms with Crippen molar-refractivity contribution in [2.24, 2.45) is 11.8 Å². The van der Waals surface area contributed by atoms with Gasteiger partial charge in [-0.25, -0.2) is 19.2 Å². The molecular formula is C11H17BrN4O2S. The van der Waals surface area contributed by atoms with E-state index in [1.54, 1.807) is 7.05 Å². The Morgan fingerprint density at radius 2 is 2.21 bits per heavy atom. The van der Waals surface area contributed by atoms with Gasteiger partial charge in [-0.1, -0.05) is 0 Å². The quantitative estimate of drug-likeness (QED) is 0.622. The zero-order chi connectivity index (χ0) is 14.2. The van der Waals surface area contributed by atoms with Crippen LogP contribution in [0.3, 0.4) is 0 Å². The highest BCUT2D eigenvalue weighted by molar-refractivity contribution is 9.10. The second-order valence-electron chi connectivity index (χ2n) is 4.74. The number of pyridine rings is 1. The second kappa shape index (κ2) is 5.35. The molecule has 1 aliphatic carbocycles. The molecule has 0 bridgehead atoms. The first kappa shape index (κ1) is 14.7. The van der Waals surface area contributed by atoms with E-state index < -0.39 is 10.0 Å². The van der Waals surface area contributed by atoms with Crippen LogP contribution in [-0.2, 0) is 10.0 Å². The Kier molecular flexibility index (Phi) is 4.14. The lowest BCUT2D eigenvalue weighted by Gasteiger charge is -2.25. The highest BCUT2D eigenvalue weighted by atomic mass is 79.9. The number of hydrazine groups is 1. The highest BCUT2D eigenvalue weighted by Crippen LogP contribution is 2.37. The molecular weight excluding hydrogens is 332 g/mol. The summed E-state index contributed by atoms with van der Waals surface area (Å²) in [4.78, 5) is 4.06. The predicted octanol–water partition coefficient (Wildman–Crippen LogP) is 1.55. The van der Waals surface area contributed by atoms with Crippen molar-refractivity contribution in [2.45, 2.75) is 30.7 Å². The van der Waals surface area contributed by atoms with Crippen LogP contribution in [0.25, 0.3) is 0 Å². The summed E-state index contributed by atoms with van der Waals surface area (Å²) in [5, 5.41) is 0. The summed E-state index contributed by atoms with van der Waals surface area (Å²) in [6.45, 7) is 1.93. The molecule has 1 fully saturated rings. The van der Waals surface area contributed by atoms with Gasteiger partial charge >= 0.3 is 0 Å². The van der Waals surface area contributed by atoms with E-state index in [1.165, 1.54) is 16.6 Å². The van der Waals surface area contributed by atoms with E-state index in [2.05, 4.69) is 26.3 Å². The number of nitrogen functional groups attached to an aromatic ring is 1. The Morgan fingerprint density at radius 3 is 2.74 bits per heavy atom. The maximum atomic E-state index is 12.6. The number of sulfonamides is 1. The van der Waals surface area contributed by atoms with Gasteiger partial charge in [0.1, 0.15) is 4.90 Å². The minimum atomic E-state index is -3.61. The fraction of sp³-hybridized carbons (Fsp3) is 0.545. The summed E-state index contributed by atoms with van der Waals surface area (Å²) >= 11 is 3.23. The summed E-state index contributed by atoms with van der Waals surface area (Å²) in [5.41, 5.74) is 2.33. The van der Waals surface area contributed by atoms with Gasteiger partial charge in [-0.3, -0.25) is 0 Å². The predicted molar refractivity (Wildman–Crippen MR) is 76.9 cm³/mol. The number of hydrogen-bond donors (Lipinski definition) is 2. The van der Waals surface area contributed by atoms with Crippen molar-refractivity contribution < 1.29 is 8.42 Å². The summed E-state index contributed by atoms with van der Waals surface area (Å²) in [5.74, 6) is 5.94. The minimum Gasteiger partial charge on any atom is -0.307 e. The Morgan fingerprint density at radius 1 is 1.58 bits per heavy atom. The lowest BCUT2D eigenvalue weighted by molar-refractivity contribution is 0.357. The summed E-state index contributed by atoms with van der Waals surface area (Å²) < 4.78 is 27.2. The van der Waals surface area contributed by atoms with Crippen LogP contribution in [0.5, 0.6) is 0 Å². The molecule has 0 spiro atoms. The zero-order valence-electron chi connectivity index (χ0n) is 10.8. The van der Waals surface area contributed by atoms with Crippen molar-refractivity contribution >= 4 is 31.8 Å². The summed E-state index contributed by atoms with van der Waals surface area (Å²) in [6, 6.07) is 1.49. The number of nitrogens with zero attached hydrogens (tertiary/aromatic N) is 2. The van der Waals surface area contributed by atoms with Crippen LogP contribution >= 0.6 is 15.9 Å². The normalized spacial score (nSPS) is 17.5. The van der Waals surface area contributed by atoms with Crippen LogP contribution in [0, 0.1) is 5.92 Å². The molecule has 0 aliphatic heterocycles. The monoisotopic (exact) mass is 348 g/mol. The Bertz CT molecular complexity index is 574. The molecule has 1 atom stereocenters. The van der Waals surface area contributed by atoms with Gasteiger partial charge in [-0.2, -0.15) is 4.31 Å². The van der Waals surface area contributed by atoms with Crippen LogP contribution in [0.1, 0.15) is 19.8 Å². The van der Waals surface area contributed by atoms with Gasteiger partial charge in [0, 0.05) is 23.8 Å². The fourth-order valence-corrected chi connectivity index (χ4v) is 4.01. The van der Waals surface area contributed by atoms with E-state index in [4.69, 9.17) is 5.84 Å². The standard InChI is InChI=1S/C11H17BrN4O2S/c1-7(8-3-4-8)16(2)19(17,18)10-5-9(12)6-14-11(10)15-13/h5-8H,3-4,13H2,1-2H3,(H,14,15). The first-order valence-electron chi connectivity index (χ1n) is 5.98. The van der Waals surface area contributed by atoms with Gasteiger partial charge in [-0.15, -0.1) is 0 Å². The third kappa shape index (κ3) is 2.91. The number of anilines is 1. The van der Waals surface area contributed by atoms with Crippen molar-refractivity contribution in [2.75, 3.05) is 12.5 Å². The first-order valence-corrected chi connectivity index (χ1v) is 8.21. The average Bonchev–Trinajstić information content (AvgIpc) is 3.21. The fourth-order valence-electron chi connectivity index (χ4n) is 1.98. The number of rotatable bonds is 5. The number of nitrogens with two attached hydrogens (primary N) is 1. The number of aromatic nitrogens is 1. The van der Waals surface area contributed by atoms with E-state index in [0.29, 0.717) is 10.4 Å². The lowest BCUT2D eigenvalue weighted by atomic mass is 10.2. The van der Waals surface area contributed by atoms with Gasteiger partial charge in [0.05, 0.1) is 0 Å². The highest BCUT2D eigenvalue weighted by Gasteiger charge is 2.37. The molecule has 1 aliphatic rings. The third-order valence-corrected chi connectivity index (χ3v) is 5.88. The van der Waals surface area contributed by atoms with Crippen molar-refractivity contribution in [3.05, 3.63) is 16.7 Å². The maximum Gasteiger partial charge on any atom is 0.246 e. The number of halogens is 1. The van der Waals surface area contributed by atoms with Crippen LogP contribution in [-0.4, -0.2) is 30.8 Å². The van der Waals surface area contributed by atoms with Crippen molar-refractivity contribution in [3.8, 4) is 0 Å². The molecule has 0 aromatic carbocycles. The number of nitrogens with one attached hydrogen (secondary N) is 1. The molecule has 1 saturated carbocycles. The van der Waals surface area contributed by atoms with Gasteiger partial charge < -0.3 is 5.43 Å². The topological polar surface area (TPSA) is 88.3 Å². The molecule has 1 heterocycles. The van der Waals surface area contributed by atoms with Crippen LogP contribution in [0.2, 0.25) is 0 Å². The van der Waals surface area contributed by atoms with Gasteiger partial charge in [-0.05, 0) is 47.7 Å².